The number of hydrogen-bond acceptors (Lipinski definition) is 3. The van der Waals surface area contributed by atoms with Crippen LogP contribution in [0.3, 0.4) is 0 Å². The highest BCUT2D eigenvalue weighted by Gasteiger charge is 2.07. The number of ether oxygens (including phenoxy) is 1. The summed E-state index contributed by atoms with van der Waals surface area (Å²) in [4.78, 5) is 8.70. The number of halogens is 1. The molecule has 0 aliphatic rings. The molecule has 1 heterocycles. The molecular weight excluding hydrogens is 212 g/mol. The van der Waals surface area contributed by atoms with Crippen LogP contribution >= 0.6 is 11.6 Å². The van der Waals surface area contributed by atoms with Gasteiger partial charge in [0.2, 0.25) is 0 Å². The maximum atomic E-state index is 6.07. The molecule has 4 heteroatoms. The fourth-order valence-electron chi connectivity index (χ4n) is 1.50. The van der Waals surface area contributed by atoms with Crippen LogP contribution in [0.4, 0.5) is 0 Å². The average molecular weight is 229 g/mol. The van der Waals surface area contributed by atoms with Crippen LogP contribution in [-0.2, 0) is 17.6 Å². The van der Waals surface area contributed by atoms with Crippen molar-refractivity contribution in [2.75, 3.05) is 13.7 Å². The third kappa shape index (κ3) is 3.43. The Balaban J connectivity index is 2.75. The molecule has 0 fully saturated rings. The molecule has 1 aromatic rings. The first-order chi connectivity index (χ1) is 7.19. The third-order valence-electron chi connectivity index (χ3n) is 2.31. The number of aryl methyl sites for hydroxylation is 2. The molecule has 0 saturated carbocycles. The zero-order valence-corrected chi connectivity index (χ0v) is 10.3. The van der Waals surface area contributed by atoms with E-state index in [-0.39, 0.29) is 0 Å². The molecule has 1 rings (SSSR count). The van der Waals surface area contributed by atoms with Gasteiger partial charge in [0.25, 0.3) is 0 Å². The average Bonchev–Trinajstić information content (AvgIpc) is 2.18. The van der Waals surface area contributed by atoms with Gasteiger partial charge in [0, 0.05) is 31.4 Å². The summed E-state index contributed by atoms with van der Waals surface area (Å²) in [6.07, 6.45) is 2.62. The first-order valence-corrected chi connectivity index (χ1v) is 5.57. The fourth-order valence-corrected chi connectivity index (χ4v) is 1.87. The number of aromatic nitrogens is 2. The van der Waals surface area contributed by atoms with Crippen molar-refractivity contribution in [2.24, 2.45) is 0 Å². The number of nitrogens with zero attached hydrogens (tertiary/aromatic N) is 2. The second kappa shape index (κ2) is 6.03. The topological polar surface area (TPSA) is 35.0 Å². The van der Waals surface area contributed by atoms with E-state index >= 15 is 0 Å². The van der Waals surface area contributed by atoms with Crippen molar-refractivity contribution in [1.29, 1.82) is 0 Å². The smallest absolute Gasteiger partial charge is 0.136 e. The van der Waals surface area contributed by atoms with Gasteiger partial charge >= 0.3 is 0 Å². The fraction of sp³-hybridized carbons (Fsp3) is 0.636. The van der Waals surface area contributed by atoms with Gasteiger partial charge in [-0.1, -0.05) is 18.5 Å². The van der Waals surface area contributed by atoms with Crippen molar-refractivity contribution in [3.63, 3.8) is 0 Å². The summed E-state index contributed by atoms with van der Waals surface area (Å²) < 4.78 is 4.98. The second-order valence-corrected chi connectivity index (χ2v) is 3.80. The predicted molar refractivity (Wildman–Crippen MR) is 61.4 cm³/mol. The SMILES string of the molecule is CCc1c(C)nc(CCCOC)nc1Cl. The normalized spacial score (nSPS) is 10.7. The van der Waals surface area contributed by atoms with Crippen LogP contribution < -0.4 is 0 Å². The highest BCUT2D eigenvalue weighted by Crippen LogP contribution is 2.17. The highest BCUT2D eigenvalue weighted by atomic mass is 35.5. The van der Waals surface area contributed by atoms with Crippen LogP contribution in [0.25, 0.3) is 0 Å². The Bertz CT molecular complexity index is 305. The maximum Gasteiger partial charge on any atom is 0.136 e. The summed E-state index contributed by atoms with van der Waals surface area (Å²) in [6.45, 7) is 4.77. The zero-order chi connectivity index (χ0) is 11.3. The molecule has 0 aromatic carbocycles. The summed E-state index contributed by atoms with van der Waals surface area (Å²) >= 11 is 6.07. The molecule has 0 unspecified atom stereocenters. The molecule has 0 spiro atoms. The molecule has 0 atom stereocenters. The van der Waals surface area contributed by atoms with Gasteiger partial charge in [0.15, 0.2) is 0 Å². The van der Waals surface area contributed by atoms with Gasteiger partial charge in [0.05, 0.1) is 0 Å². The first-order valence-electron chi connectivity index (χ1n) is 5.19. The molecule has 3 nitrogen and oxygen atoms in total. The summed E-state index contributed by atoms with van der Waals surface area (Å²) in [5.74, 6) is 0.812. The molecule has 0 amide bonds. The molecule has 1 aromatic heterocycles. The largest absolute Gasteiger partial charge is 0.385 e. The molecule has 84 valence electrons. The highest BCUT2D eigenvalue weighted by molar-refractivity contribution is 6.30. The van der Waals surface area contributed by atoms with Gasteiger partial charge in [-0.05, 0) is 19.8 Å². The molecular formula is C11H17ClN2O. The minimum Gasteiger partial charge on any atom is -0.385 e. The number of methoxy groups -OCH3 is 1. The molecule has 0 saturated heterocycles. The summed E-state index contributed by atoms with van der Waals surface area (Å²) in [5.41, 5.74) is 2.04. The standard InChI is InChI=1S/C11H17ClN2O/c1-4-9-8(2)13-10(14-11(9)12)6-5-7-15-3/h4-7H2,1-3H3. The lowest BCUT2D eigenvalue weighted by atomic mass is 10.2. The Kier molecular flexibility index (Phi) is 4.99. The maximum absolute atomic E-state index is 6.07. The Hall–Kier alpha value is -0.670. The van der Waals surface area contributed by atoms with Crippen molar-refractivity contribution in [3.8, 4) is 0 Å². The van der Waals surface area contributed by atoms with E-state index in [1.807, 2.05) is 6.92 Å². The molecule has 0 radical (unpaired) electrons. The van der Waals surface area contributed by atoms with Crippen LogP contribution in [0, 0.1) is 6.92 Å². The molecule has 0 aliphatic carbocycles. The van der Waals surface area contributed by atoms with Gasteiger partial charge < -0.3 is 4.74 Å². The summed E-state index contributed by atoms with van der Waals surface area (Å²) in [5, 5.41) is 0.595. The summed E-state index contributed by atoms with van der Waals surface area (Å²) in [7, 11) is 1.69. The Morgan fingerprint density at radius 1 is 1.33 bits per heavy atom. The van der Waals surface area contributed by atoms with E-state index in [1.165, 1.54) is 0 Å². The van der Waals surface area contributed by atoms with E-state index in [0.29, 0.717) is 5.15 Å². The number of hydrogen-bond donors (Lipinski definition) is 0. The Morgan fingerprint density at radius 3 is 2.60 bits per heavy atom. The molecule has 0 aliphatic heterocycles. The van der Waals surface area contributed by atoms with E-state index in [9.17, 15) is 0 Å². The monoisotopic (exact) mass is 228 g/mol. The van der Waals surface area contributed by atoms with E-state index < -0.39 is 0 Å². The van der Waals surface area contributed by atoms with Crippen LogP contribution in [0.15, 0.2) is 0 Å². The van der Waals surface area contributed by atoms with Crippen LogP contribution in [0.5, 0.6) is 0 Å². The van der Waals surface area contributed by atoms with Crippen molar-refractivity contribution >= 4 is 11.6 Å². The van der Waals surface area contributed by atoms with E-state index in [1.54, 1.807) is 7.11 Å². The van der Waals surface area contributed by atoms with Gasteiger partial charge in [-0.3, -0.25) is 0 Å². The Labute approximate surface area is 95.8 Å². The first kappa shape index (κ1) is 12.4. The lowest BCUT2D eigenvalue weighted by Crippen LogP contribution is -2.04. The van der Waals surface area contributed by atoms with E-state index in [2.05, 4.69) is 16.9 Å². The van der Waals surface area contributed by atoms with Crippen LogP contribution in [0.1, 0.15) is 30.4 Å². The minimum atomic E-state index is 0.595. The lowest BCUT2D eigenvalue weighted by Gasteiger charge is -2.07. The van der Waals surface area contributed by atoms with Crippen molar-refractivity contribution in [1.82, 2.24) is 9.97 Å². The third-order valence-corrected chi connectivity index (χ3v) is 2.62. The van der Waals surface area contributed by atoms with E-state index in [4.69, 9.17) is 16.3 Å². The van der Waals surface area contributed by atoms with Crippen LogP contribution in [0.2, 0.25) is 5.15 Å². The number of rotatable bonds is 5. The molecule has 0 N–H and O–H groups in total. The van der Waals surface area contributed by atoms with Gasteiger partial charge in [-0.25, -0.2) is 9.97 Å². The van der Waals surface area contributed by atoms with E-state index in [0.717, 1.165) is 43.0 Å². The quantitative estimate of drug-likeness (QED) is 0.574. The van der Waals surface area contributed by atoms with Gasteiger partial charge in [0.1, 0.15) is 11.0 Å². The lowest BCUT2D eigenvalue weighted by molar-refractivity contribution is 0.194. The molecule has 0 bridgehead atoms. The minimum absolute atomic E-state index is 0.595. The predicted octanol–water partition coefficient (Wildman–Crippen LogP) is 2.58. The van der Waals surface area contributed by atoms with Crippen molar-refractivity contribution in [2.45, 2.75) is 33.1 Å². The van der Waals surface area contributed by atoms with Crippen molar-refractivity contribution in [3.05, 3.63) is 22.2 Å². The van der Waals surface area contributed by atoms with Crippen molar-refractivity contribution < 1.29 is 4.74 Å². The van der Waals surface area contributed by atoms with Gasteiger partial charge in [-0.2, -0.15) is 0 Å². The molecule has 15 heavy (non-hydrogen) atoms. The Morgan fingerprint density at radius 2 is 2.07 bits per heavy atom. The zero-order valence-electron chi connectivity index (χ0n) is 9.51. The van der Waals surface area contributed by atoms with Crippen LogP contribution in [-0.4, -0.2) is 23.7 Å². The summed E-state index contributed by atoms with van der Waals surface area (Å²) in [6, 6.07) is 0. The van der Waals surface area contributed by atoms with Gasteiger partial charge in [-0.15, -0.1) is 0 Å². The second-order valence-electron chi connectivity index (χ2n) is 3.44.